The molecule has 1 aliphatic heterocycles. The number of carbonyl (C=O) groups is 3. The number of hydrogen-bond donors (Lipinski definition) is 1. The number of esters is 1. The van der Waals surface area contributed by atoms with Crippen molar-refractivity contribution in [3.63, 3.8) is 0 Å². The molecule has 0 radical (unpaired) electrons. The number of benzene rings is 1. The number of amides is 3. The maximum Gasteiger partial charge on any atom is 0.326 e. The lowest BCUT2D eigenvalue weighted by molar-refractivity contribution is -0.151. The van der Waals surface area contributed by atoms with E-state index in [0.29, 0.717) is 5.56 Å². The van der Waals surface area contributed by atoms with Crippen molar-refractivity contribution in [2.75, 3.05) is 6.54 Å². The largest absolute Gasteiger partial charge is 0.461 e. The predicted octanol–water partition coefficient (Wildman–Crippen LogP) is 1.77. The summed E-state index contributed by atoms with van der Waals surface area (Å²) >= 11 is 0. The van der Waals surface area contributed by atoms with Crippen LogP contribution < -0.4 is 5.32 Å². The fourth-order valence-electron chi connectivity index (χ4n) is 2.90. The lowest BCUT2D eigenvalue weighted by Crippen LogP contribution is -2.37. The van der Waals surface area contributed by atoms with E-state index in [-0.39, 0.29) is 12.6 Å². The van der Waals surface area contributed by atoms with Gasteiger partial charge in [0.05, 0.1) is 0 Å². The summed E-state index contributed by atoms with van der Waals surface area (Å²) in [5, 5.41) is 2.60. The van der Waals surface area contributed by atoms with Gasteiger partial charge in [0.25, 0.3) is 5.91 Å². The highest BCUT2D eigenvalue weighted by molar-refractivity contribution is 6.06. The highest BCUT2D eigenvalue weighted by Crippen LogP contribution is 2.23. The number of imide groups is 1. The number of nitrogens with zero attached hydrogens (tertiary/aromatic N) is 1. The van der Waals surface area contributed by atoms with Crippen LogP contribution in [0.25, 0.3) is 0 Å². The van der Waals surface area contributed by atoms with E-state index >= 15 is 0 Å². The lowest BCUT2D eigenvalue weighted by Gasteiger charge is -2.15. The van der Waals surface area contributed by atoms with Gasteiger partial charge in [0.2, 0.25) is 0 Å². The van der Waals surface area contributed by atoms with Gasteiger partial charge in [-0.25, -0.2) is 4.79 Å². The zero-order valence-electron chi connectivity index (χ0n) is 12.2. The van der Waals surface area contributed by atoms with E-state index in [9.17, 15) is 14.4 Å². The van der Waals surface area contributed by atoms with Crippen molar-refractivity contribution >= 4 is 17.9 Å². The van der Waals surface area contributed by atoms with Crippen LogP contribution in [0.3, 0.4) is 0 Å². The van der Waals surface area contributed by atoms with E-state index in [1.54, 1.807) is 24.3 Å². The molecule has 0 aromatic heterocycles. The molecule has 116 valence electrons. The normalized spacial score (nSPS) is 22.0. The highest BCUT2D eigenvalue weighted by Gasteiger charge is 2.40. The Morgan fingerprint density at radius 2 is 1.86 bits per heavy atom. The first-order valence-electron chi connectivity index (χ1n) is 7.51. The van der Waals surface area contributed by atoms with Crippen LogP contribution >= 0.6 is 0 Å². The average molecular weight is 302 g/mol. The lowest BCUT2D eigenvalue weighted by atomic mass is 10.1. The third-order valence-corrected chi connectivity index (χ3v) is 4.05. The second kappa shape index (κ2) is 6.17. The van der Waals surface area contributed by atoms with Crippen molar-refractivity contribution in [2.24, 2.45) is 0 Å². The van der Waals surface area contributed by atoms with Crippen LogP contribution in [0.2, 0.25) is 0 Å². The molecule has 2 fully saturated rings. The summed E-state index contributed by atoms with van der Waals surface area (Å²) in [6, 6.07) is 7.68. The first-order chi connectivity index (χ1) is 10.6. The molecule has 6 heteroatoms. The maximum atomic E-state index is 12.3. The highest BCUT2D eigenvalue weighted by atomic mass is 16.5. The molecule has 22 heavy (non-hydrogen) atoms. The molecule has 2 aliphatic rings. The van der Waals surface area contributed by atoms with Gasteiger partial charge in [0.15, 0.2) is 0 Å². The second-order valence-electron chi connectivity index (χ2n) is 5.61. The van der Waals surface area contributed by atoms with Gasteiger partial charge >= 0.3 is 12.0 Å². The molecule has 6 nitrogen and oxygen atoms in total. The number of ether oxygens (including phenoxy) is 1. The van der Waals surface area contributed by atoms with Crippen LogP contribution in [-0.2, 0) is 14.3 Å². The molecule has 1 aliphatic carbocycles. The Morgan fingerprint density at radius 3 is 2.55 bits per heavy atom. The zero-order valence-corrected chi connectivity index (χ0v) is 12.2. The van der Waals surface area contributed by atoms with Crippen LogP contribution in [0.5, 0.6) is 0 Å². The van der Waals surface area contributed by atoms with E-state index in [1.165, 1.54) is 0 Å². The summed E-state index contributed by atoms with van der Waals surface area (Å²) in [6.07, 6.45) is 3.75. The van der Waals surface area contributed by atoms with Crippen molar-refractivity contribution in [1.29, 1.82) is 0 Å². The monoisotopic (exact) mass is 302 g/mol. The molecule has 1 aromatic carbocycles. The average Bonchev–Trinajstić information content (AvgIpc) is 3.11. The molecule has 1 saturated carbocycles. The molecule has 0 bridgehead atoms. The number of rotatable bonds is 4. The van der Waals surface area contributed by atoms with Gasteiger partial charge in [-0.05, 0) is 31.2 Å². The fraction of sp³-hybridized carbons (Fsp3) is 0.438. The van der Waals surface area contributed by atoms with Crippen molar-refractivity contribution in [2.45, 2.75) is 37.8 Å². The molecule has 3 rings (SSSR count). The number of urea groups is 1. The number of carbonyl (C=O) groups excluding carboxylic acids is 3. The summed E-state index contributed by atoms with van der Waals surface area (Å²) < 4.78 is 5.30. The fourth-order valence-corrected chi connectivity index (χ4v) is 2.90. The van der Waals surface area contributed by atoms with E-state index in [0.717, 1.165) is 30.6 Å². The molecule has 1 aromatic rings. The first kappa shape index (κ1) is 14.6. The Kier molecular flexibility index (Phi) is 4.09. The van der Waals surface area contributed by atoms with Gasteiger partial charge in [0.1, 0.15) is 18.7 Å². The van der Waals surface area contributed by atoms with Crippen LogP contribution in [0.1, 0.15) is 37.3 Å². The van der Waals surface area contributed by atoms with E-state index < -0.39 is 23.9 Å². The molecule has 3 amide bonds. The Balaban J connectivity index is 1.63. The van der Waals surface area contributed by atoms with Gasteiger partial charge in [-0.3, -0.25) is 14.5 Å². The number of hydrogen-bond acceptors (Lipinski definition) is 4. The van der Waals surface area contributed by atoms with E-state index in [2.05, 4.69) is 5.32 Å². The van der Waals surface area contributed by atoms with E-state index in [1.807, 2.05) is 6.07 Å². The summed E-state index contributed by atoms with van der Waals surface area (Å²) in [5.41, 5.74) is 0.701. The Bertz CT molecular complexity index is 581. The van der Waals surface area contributed by atoms with Gasteiger partial charge in [-0.1, -0.05) is 30.3 Å². The summed E-state index contributed by atoms with van der Waals surface area (Å²) in [4.78, 5) is 37.1. The third kappa shape index (κ3) is 2.95. The SMILES string of the molecule is O=C(CN1C(=O)NC(c2ccccc2)C1=O)OC1CCCC1. The van der Waals surface area contributed by atoms with Gasteiger partial charge in [-0.15, -0.1) is 0 Å². The molecule has 0 spiro atoms. The van der Waals surface area contributed by atoms with Gasteiger partial charge in [-0.2, -0.15) is 0 Å². The number of nitrogens with one attached hydrogen (secondary N) is 1. The molecular weight excluding hydrogens is 284 g/mol. The Morgan fingerprint density at radius 1 is 1.18 bits per heavy atom. The minimum Gasteiger partial charge on any atom is -0.461 e. The summed E-state index contributed by atoms with van der Waals surface area (Å²) in [6.45, 7) is -0.329. The summed E-state index contributed by atoms with van der Waals surface area (Å²) in [7, 11) is 0. The molecular formula is C16H18N2O4. The summed E-state index contributed by atoms with van der Waals surface area (Å²) in [5.74, 6) is -0.941. The minimum atomic E-state index is -0.729. The quantitative estimate of drug-likeness (QED) is 0.679. The predicted molar refractivity (Wildman–Crippen MR) is 77.8 cm³/mol. The standard InChI is InChI=1S/C16H18N2O4/c19-13(22-12-8-4-5-9-12)10-18-15(20)14(17-16(18)21)11-6-2-1-3-7-11/h1-3,6-7,12,14H,4-5,8-10H2,(H,17,21). The Labute approximate surface area is 128 Å². The molecule has 1 N–H and O–H groups in total. The van der Waals surface area contributed by atoms with Crippen LogP contribution in [0, 0.1) is 0 Å². The van der Waals surface area contributed by atoms with Crippen LogP contribution in [-0.4, -0.2) is 35.5 Å². The van der Waals surface area contributed by atoms with Crippen LogP contribution in [0.4, 0.5) is 4.79 Å². The molecule has 1 unspecified atom stereocenters. The van der Waals surface area contributed by atoms with E-state index in [4.69, 9.17) is 4.74 Å². The first-order valence-corrected chi connectivity index (χ1v) is 7.51. The van der Waals surface area contributed by atoms with Crippen molar-refractivity contribution in [3.8, 4) is 0 Å². The Hall–Kier alpha value is -2.37. The third-order valence-electron chi connectivity index (χ3n) is 4.05. The van der Waals surface area contributed by atoms with Crippen molar-refractivity contribution in [3.05, 3.63) is 35.9 Å². The van der Waals surface area contributed by atoms with Crippen molar-refractivity contribution < 1.29 is 19.1 Å². The van der Waals surface area contributed by atoms with Crippen molar-refractivity contribution in [1.82, 2.24) is 10.2 Å². The van der Waals surface area contributed by atoms with Gasteiger partial charge < -0.3 is 10.1 Å². The second-order valence-corrected chi connectivity index (χ2v) is 5.61. The minimum absolute atomic E-state index is 0.0711. The zero-order chi connectivity index (χ0) is 15.5. The molecule has 1 atom stereocenters. The smallest absolute Gasteiger partial charge is 0.326 e. The molecule has 1 heterocycles. The van der Waals surface area contributed by atoms with Gasteiger partial charge in [0, 0.05) is 0 Å². The molecule has 1 saturated heterocycles. The maximum absolute atomic E-state index is 12.3. The topological polar surface area (TPSA) is 75.7 Å². The van der Waals surface area contributed by atoms with Crippen LogP contribution in [0.15, 0.2) is 30.3 Å².